The number of hydrogen-bond acceptors (Lipinski definition) is 14. The Labute approximate surface area is 309 Å². The van der Waals surface area contributed by atoms with Gasteiger partial charge in [-0.2, -0.15) is 0 Å². The molecule has 0 aliphatic heterocycles. The number of ether oxygens (including phenoxy) is 4. The zero-order chi connectivity index (χ0) is 38.5. The molecular formula is C40H32N6O8. The second kappa shape index (κ2) is 18.1. The van der Waals surface area contributed by atoms with Crippen LogP contribution in [-0.2, 0) is 18.9 Å². The molecule has 5 aromatic heterocycles. The van der Waals surface area contributed by atoms with Crippen LogP contribution in [0.2, 0.25) is 0 Å². The first kappa shape index (κ1) is 37.8. The maximum absolute atomic E-state index is 12.1. The highest BCUT2D eigenvalue weighted by Crippen LogP contribution is 2.20. The lowest BCUT2D eigenvalue weighted by atomic mass is 10.1. The van der Waals surface area contributed by atoms with Gasteiger partial charge in [0.05, 0.1) is 74.0 Å². The van der Waals surface area contributed by atoms with E-state index >= 15 is 0 Å². The number of rotatable bonds is 12. The smallest absolute Gasteiger partial charge is 0.356 e. The van der Waals surface area contributed by atoms with Crippen LogP contribution < -0.4 is 0 Å². The van der Waals surface area contributed by atoms with E-state index in [2.05, 4.69) is 19.9 Å². The second-order valence-electron chi connectivity index (χ2n) is 10.9. The Morgan fingerprint density at radius 1 is 0.352 bits per heavy atom. The highest BCUT2D eigenvalue weighted by Gasteiger charge is 2.13. The lowest BCUT2D eigenvalue weighted by molar-refractivity contribution is 0.0585. The monoisotopic (exact) mass is 724 g/mol. The van der Waals surface area contributed by atoms with Gasteiger partial charge < -0.3 is 18.9 Å². The Hall–Kier alpha value is -7.48. The van der Waals surface area contributed by atoms with Crippen molar-refractivity contribution in [1.82, 2.24) is 29.9 Å². The third kappa shape index (κ3) is 9.85. The molecule has 14 nitrogen and oxygen atoms in total. The van der Waals surface area contributed by atoms with E-state index in [0.717, 1.165) is 0 Å². The Kier molecular flexibility index (Phi) is 12.7. The van der Waals surface area contributed by atoms with Crippen LogP contribution >= 0.6 is 0 Å². The van der Waals surface area contributed by atoms with Crippen molar-refractivity contribution in [3.8, 4) is 0 Å². The van der Waals surface area contributed by atoms with Crippen LogP contribution in [0.15, 0.2) is 72.8 Å². The van der Waals surface area contributed by atoms with E-state index < -0.39 is 23.9 Å². The standard InChI is InChI=1S/C40H32N6O8/c1-51-37(47)33-13-5-9-25(41-33)17-21-29-30(22-18-26-10-6-14-34(42-26)38(48)52-2)46-32(24-20-28-12-8-16-36(44-28)40(50)54-4)31(45-29)23-19-27-11-7-15-35(43-27)39(49)53-3/h5-24H,1-4H3. The summed E-state index contributed by atoms with van der Waals surface area (Å²) < 4.78 is 19.2. The molecule has 0 fully saturated rings. The van der Waals surface area contributed by atoms with Gasteiger partial charge in [-0.05, 0) is 97.1 Å². The fourth-order valence-corrected chi connectivity index (χ4v) is 4.69. The summed E-state index contributed by atoms with van der Waals surface area (Å²) in [4.78, 5) is 75.8. The largest absolute Gasteiger partial charge is 0.464 e. The normalized spacial score (nSPS) is 11.3. The summed E-state index contributed by atoms with van der Waals surface area (Å²) in [6, 6.07) is 19.7. The van der Waals surface area contributed by atoms with E-state index in [1.54, 1.807) is 97.1 Å². The summed E-state index contributed by atoms with van der Waals surface area (Å²) in [5.41, 5.74) is 3.84. The van der Waals surface area contributed by atoms with Crippen LogP contribution in [0.25, 0.3) is 48.6 Å². The quantitative estimate of drug-likeness (QED) is 0.110. The van der Waals surface area contributed by atoms with E-state index in [1.807, 2.05) is 0 Å². The molecule has 0 unspecified atom stereocenters. The van der Waals surface area contributed by atoms with Crippen molar-refractivity contribution in [3.63, 3.8) is 0 Å². The minimum atomic E-state index is -0.588. The van der Waals surface area contributed by atoms with Crippen molar-refractivity contribution >= 4 is 72.5 Å². The molecule has 270 valence electrons. The number of hydrogen-bond donors (Lipinski definition) is 0. The number of carbonyl (C=O) groups excluding carboxylic acids is 4. The highest BCUT2D eigenvalue weighted by atomic mass is 16.5. The molecule has 0 amide bonds. The number of esters is 4. The number of aromatic nitrogens is 6. The van der Waals surface area contributed by atoms with Gasteiger partial charge in [0.25, 0.3) is 0 Å². The van der Waals surface area contributed by atoms with Gasteiger partial charge in [0.15, 0.2) is 0 Å². The summed E-state index contributed by atoms with van der Waals surface area (Å²) in [5.74, 6) is -2.35. The number of nitrogens with zero attached hydrogens (tertiary/aromatic N) is 6. The predicted molar refractivity (Wildman–Crippen MR) is 200 cm³/mol. The Morgan fingerprint density at radius 3 is 0.778 bits per heavy atom. The SMILES string of the molecule is COC(=O)c1cccc(C=Cc2nc(C=Cc3cccc(C(=O)OC)n3)c(C=Cc3cccc(C(=O)OC)n3)nc2C=Cc2cccc(C(=O)OC)n2)n1. The molecule has 54 heavy (non-hydrogen) atoms. The van der Waals surface area contributed by atoms with Crippen LogP contribution in [0.4, 0.5) is 0 Å². The van der Waals surface area contributed by atoms with Crippen LogP contribution in [0.5, 0.6) is 0 Å². The number of pyridine rings is 4. The predicted octanol–water partition coefficient (Wildman–Crippen LogP) is 5.88. The minimum Gasteiger partial charge on any atom is -0.464 e. The molecule has 5 heterocycles. The molecule has 0 saturated heterocycles. The van der Waals surface area contributed by atoms with Gasteiger partial charge in [0.2, 0.25) is 0 Å². The van der Waals surface area contributed by atoms with Crippen molar-refractivity contribution in [2.24, 2.45) is 0 Å². The van der Waals surface area contributed by atoms with Crippen LogP contribution in [-0.4, -0.2) is 82.2 Å². The maximum atomic E-state index is 12.1. The van der Waals surface area contributed by atoms with E-state index in [-0.39, 0.29) is 22.8 Å². The van der Waals surface area contributed by atoms with Crippen LogP contribution in [0.1, 0.15) is 87.5 Å². The van der Waals surface area contributed by atoms with Gasteiger partial charge in [-0.3, -0.25) is 0 Å². The van der Waals surface area contributed by atoms with E-state index in [1.165, 1.54) is 52.7 Å². The first-order valence-corrected chi connectivity index (χ1v) is 16.1. The average Bonchev–Trinajstić information content (AvgIpc) is 3.22. The average molecular weight is 725 g/mol. The molecule has 14 heteroatoms. The van der Waals surface area contributed by atoms with Crippen molar-refractivity contribution in [2.75, 3.05) is 28.4 Å². The van der Waals surface area contributed by atoms with E-state index in [4.69, 9.17) is 28.9 Å². The molecule has 0 N–H and O–H groups in total. The first-order valence-electron chi connectivity index (χ1n) is 16.1. The molecule has 5 aromatic rings. The zero-order valence-corrected chi connectivity index (χ0v) is 29.5. The summed E-state index contributed by atoms with van der Waals surface area (Å²) in [6.07, 6.45) is 13.4. The molecule has 0 atom stereocenters. The van der Waals surface area contributed by atoms with E-state index in [9.17, 15) is 19.2 Å². The maximum Gasteiger partial charge on any atom is 0.356 e. The minimum absolute atomic E-state index is 0.123. The molecule has 0 saturated carbocycles. The summed E-state index contributed by atoms with van der Waals surface area (Å²) >= 11 is 0. The first-order chi connectivity index (χ1) is 26.2. The van der Waals surface area contributed by atoms with Crippen LogP contribution in [0.3, 0.4) is 0 Å². The lowest BCUT2D eigenvalue weighted by Crippen LogP contribution is -2.05. The van der Waals surface area contributed by atoms with Gasteiger partial charge in [-0.1, -0.05) is 24.3 Å². The van der Waals surface area contributed by atoms with Gasteiger partial charge >= 0.3 is 23.9 Å². The second-order valence-corrected chi connectivity index (χ2v) is 10.9. The van der Waals surface area contributed by atoms with Crippen molar-refractivity contribution in [1.29, 1.82) is 0 Å². The molecule has 0 radical (unpaired) electrons. The third-order valence-corrected chi connectivity index (χ3v) is 7.32. The van der Waals surface area contributed by atoms with Gasteiger partial charge in [0.1, 0.15) is 22.8 Å². The van der Waals surface area contributed by atoms with Gasteiger partial charge in [0, 0.05) is 0 Å². The fraction of sp³-hybridized carbons (Fsp3) is 0.100. The van der Waals surface area contributed by atoms with E-state index in [0.29, 0.717) is 45.6 Å². The van der Waals surface area contributed by atoms with Gasteiger partial charge in [-0.25, -0.2) is 49.1 Å². The molecule has 5 rings (SSSR count). The van der Waals surface area contributed by atoms with Gasteiger partial charge in [-0.15, -0.1) is 0 Å². The van der Waals surface area contributed by atoms with Crippen molar-refractivity contribution < 1.29 is 38.1 Å². The zero-order valence-electron chi connectivity index (χ0n) is 29.5. The summed E-state index contributed by atoms with van der Waals surface area (Å²) in [6.45, 7) is 0. The third-order valence-electron chi connectivity index (χ3n) is 7.32. The number of carbonyl (C=O) groups is 4. The van der Waals surface area contributed by atoms with Crippen molar-refractivity contribution in [2.45, 2.75) is 0 Å². The molecule has 0 aliphatic carbocycles. The highest BCUT2D eigenvalue weighted by molar-refractivity contribution is 5.90. The summed E-state index contributed by atoms with van der Waals surface area (Å²) in [7, 11) is 5.09. The lowest BCUT2D eigenvalue weighted by Gasteiger charge is -2.08. The molecular weight excluding hydrogens is 692 g/mol. The Bertz CT molecular complexity index is 2010. The fourth-order valence-electron chi connectivity index (χ4n) is 4.69. The topological polar surface area (TPSA) is 183 Å². The summed E-state index contributed by atoms with van der Waals surface area (Å²) in [5, 5.41) is 0. The Morgan fingerprint density at radius 2 is 0.574 bits per heavy atom. The molecule has 0 aromatic carbocycles. The molecule has 0 spiro atoms. The number of methoxy groups -OCH3 is 4. The van der Waals surface area contributed by atoms with Crippen LogP contribution in [0, 0.1) is 0 Å². The molecule has 0 bridgehead atoms. The van der Waals surface area contributed by atoms with Crippen molar-refractivity contribution in [3.05, 3.63) is 141 Å². The molecule has 0 aliphatic rings. The Balaban J connectivity index is 1.66.